The van der Waals surface area contributed by atoms with E-state index in [0.29, 0.717) is 18.2 Å². The molecule has 0 saturated carbocycles. The fourth-order valence-electron chi connectivity index (χ4n) is 1.70. The number of nitrogens with one attached hydrogen (secondary N) is 1. The Morgan fingerprint density at radius 3 is 2.64 bits per heavy atom. The minimum Gasteiger partial charge on any atom is -0.374 e. The van der Waals surface area contributed by atoms with Gasteiger partial charge in [0.05, 0.1) is 12.7 Å². The average Bonchev–Trinajstić information content (AvgIpc) is 2.15. The Bertz CT molecular complexity index is 159. The Morgan fingerprint density at radius 2 is 2.07 bits per heavy atom. The van der Waals surface area contributed by atoms with Gasteiger partial charge in [0.15, 0.2) is 0 Å². The van der Waals surface area contributed by atoms with Crippen molar-refractivity contribution in [3.8, 4) is 0 Å². The van der Waals surface area contributed by atoms with Crippen LogP contribution in [0.2, 0.25) is 0 Å². The third kappa shape index (κ3) is 3.95. The van der Waals surface area contributed by atoms with Gasteiger partial charge in [0.2, 0.25) is 0 Å². The molecule has 0 aliphatic carbocycles. The summed E-state index contributed by atoms with van der Waals surface area (Å²) in [5, 5.41) is 3.42. The highest BCUT2D eigenvalue weighted by atomic mass is 16.5. The van der Waals surface area contributed by atoms with E-state index in [-0.39, 0.29) is 0 Å². The molecule has 1 aliphatic heterocycles. The van der Waals surface area contributed by atoms with Crippen molar-refractivity contribution in [1.29, 1.82) is 0 Å². The Labute approximate surface area is 87.8 Å². The van der Waals surface area contributed by atoms with Crippen molar-refractivity contribution in [3.63, 3.8) is 0 Å². The molecule has 1 unspecified atom stereocenters. The second-order valence-electron chi connectivity index (χ2n) is 4.64. The van der Waals surface area contributed by atoms with E-state index in [4.69, 9.17) is 4.74 Å². The Hall–Kier alpha value is -0.120. The standard InChI is InChI=1S/C11H24N2O/c1-9(2)12-7-11-8-13(10(3)4)5-6-14-11/h9-12H,5-8H2,1-4H3. The van der Waals surface area contributed by atoms with Crippen molar-refractivity contribution in [3.05, 3.63) is 0 Å². The van der Waals surface area contributed by atoms with E-state index in [1.165, 1.54) is 0 Å². The van der Waals surface area contributed by atoms with Gasteiger partial charge in [-0.05, 0) is 13.8 Å². The number of ether oxygens (including phenoxy) is 1. The smallest absolute Gasteiger partial charge is 0.0826 e. The molecule has 1 atom stereocenters. The largest absolute Gasteiger partial charge is 0.374 e. The SMILES string of the molecule is CC(C)NCC1CN(C(C)C)CCO1. The summed E-state index contributed by atoms with van der Waals surface area (Å²) in [5.41, 5.74) is 0. The van der Waals surface area contributed by atoms with Gasteiger partial charge in [0, 0.05) is 31.7 Å². The first-order valence-electron chi connectivity index (χ1n) is 5.68. The zero-order valence-electron chi connectivity index (χ0n) is 9.92. The molecular formula is C11H24N2O. The summed E-state index contributed by atoms with van der Waals surface area (Å²) in [6.07, 6.45) is 0.369. The number of hydrogen-bond acceptors (Lipinski definition) is 3. The van der Waals surface area contributed by atoms with Gasteiger partial charge >= 0.3 is 0 Å². The van der Waals surface area contributed by atoms with Gasteiger partial charge in [-0.15, -0.1) is 0 Å². The molecule has 1 N–H and O–H groups in total. The Balaban J connectivity index is 2.25. The van der Waals surface area contributed by atoms with Crippen LogP contribution >= 0.6 is 0 Å². The fourth-order valence-corrected chi connectivity index (χ4v) is 1.70. The molecule has 14 heavy (non-hydrogen) atoms. The van der Waals surface area contributed by atoms with E-state index < -0.39 is 0 Å². The van der Waals surface area contributed by atoms with Crippen LogP contribution in [0.3, 0.4) is 0 Å². The molecule has 84 valence electrons. The average molecular weight is 200 g/mol. The Kier molecular flexibility index (Phi) is 4.85. The maximum Gasteiger partial charge on any atom is 0.0826 e. The predicted molar refractivity (Wildman–Crippen MR) is 59.6 cm³/mol. The number of hydrogen-bond donors (Lipinski definition) is 1. The van der Waals surface area contributed by atoms with Gasteiger partial charge in [-0.25, -0.2) is 0 Å². The van der Waals surface area contributed by atoms with Gasteiger partial charge in [-0.2, -0.15) is 0 Å². The van der Waals surface area contributed by atoms with Crippen LogP contribution in [0, 0.1) is 0 Å². The molecule has 0 radical (unpaired) electrons. The van der Waals surface area contributed by atoms with Crippen molar-refractivity contribution < 1.29 is 4.74 Å². The molecule has 0 bridgehead atoms. The van der Waals surface area contributed by atoms with E-state index >= 15 is 0 Å². The zero-order valence-corrected chi connectivity index (χ0v) is 9.92. The van der Waals surface area contributed by atoms with Crippen molar-refractivity contribution in [2.75, 3.05) is 26.2 Å². The van der Waals surface area contributed by atoms with Crippen LogP contribution in [0.4, 0.5) is 0 Å². The van der Waals surface area contributed by atoms with Crippen molar-refractivity contribution in [2.45, 2.75) is 45.9 Å². The molecule has 1 heterocycles. The first kappa shape index (κ1) is 12.0. The van der Waals surface area contributed by atoms with E-state index in [9.17, 15) is 0 Å². The summed E-state index contributed by atoms with van der Waals surface area (Å²) in [6.45, 7) is 12.8. The molecule has 0 aromatic rings. The first-order chi connectivity index (χ1) is 6.59. The third-order valence-corrected chi connectivity index (χ3v) is 2.65. The van der Waals surface area contributed by atoms with Gasteiger partial charge in [0.1, 0.15) is 0 Å². The summed E-state index contributed by atoms with van der Waals surface area (Å²) in [6, 6.07) is 1.19. The summed E-state index contributed by atoms with van der Waals surface area (Å²) >= 11 is 0. The molecule has 1 fully saturated rings. The molecular weight excluding hydrogens is 176 g/mol. The highest BCUT2D eigenvalue weighted by molar-refractivity contribution is 4.76. The second-order valence-corrected chi connectivity index (χ2v) is 4.64. The van der Waals surface area contributed by atoms with Gasteiger partial charge in [-0.1, -0.05) is 13.8 Å². The quantitative estimate of drug-likeness (QED) is 0.735. The van der Waals surface area contributed by atoms with Gasteiger partial charge in [0.25, 0.3) is 0 Å². The highest BCUT2D eigenvalue weighted by Crippen LogP contribution is 2.08. The molecule has 1 aliphatic rings. The monoisotopic (exact) mass is 200 g/mol. The van der Waals surface area contributed by atoms with E-state index in [1.54, 1.807) is 0 Å². The predicted octanol–water partition coefficient (Wildman–Crippen LogP) is 1.09. The summed E-state index contributed by atoms with van der Waals surface area (Å²) < 4.78 is 5.70. The van der Waals surface area contributed by atoms with E-state index in [0.717, 1.165) is 26.2 Å². The van der Waals surface area contributed by atoms with E-state index in [2.05, 4.69) is 37.9 Å². The molecule has 3 heteroatoms. The summed E-state index contributed by atoms with van der Waals surface area (Å²) in [4.78, 5) is 2.48. The van der Waals surface area contributed by atoms with Crippen LogP contribution in [0.5, 0.6) is 0 Å². The second kappa shape index (κ2) is 5.69. The first-order valence-corrected chi connectivity index (χ1v) is 5.68. The lowest BCUT2D eigenvalue weighted by Gasteiger charge is -2.35. The zero-order chi connectivity index (χ0) is 10.6. The maximum atomic E-state index is 5.70. The van der Waals surface area contributed by atoms with Crippen molar-refractivity contribution in [2.24, 2.45) is 0 Å². The molecule has 0 aromatic carbocycles. The van der Waals surface area contributed by atoms with Crippen LogP contribution in [0.25, 0.3) is 0 Å². The van der Waals surface area contributed by atoms with Crippen LogP contribution in [-0.4, -0.2) is 49.3 Å². The lowest BCUT2D eigenvalue weighted by molar-refractivity contribution is -0.0377. The molecule has 1 saturated heterocycles. The van der Waals surface area contributed by atoms with Crippen molar-refractivity contribution >= 4 is 0 Å². The third-order valence-electron chi connectivity index (χ3n) is 2.65. The molecule has 0 amide bonds. The Morgan fingerprint density at radius 1 is 1.36 bits per heavy atom. The minimum atomic E-state index is 0.369. The molecule has 1 rings (SSSR count). The topological polar surface area (TPSA) is 24.5 Å². The highest BCUT2D eigenvalue weighted by Gasteiger charge is 2.21. The number of morpholine rings is 1. The van der Waals surface area contributed by atoms with E-state index in [1.807, 2.05) is 0 Å². The minimum absolute atomic E-state index is 0.369. The normalized spacial score (nSPS) is 24.9. The fraction of sp³-hybridized carbons (Fsp3) is 1.00. The summed E-state index contributed by atoms with van der Waals surface area (Å²) in [5.74, 6) is 0. The van der Waals surface area contributed by atoms with Crippen LogP contribution in [0.15, 0.2) is 0 Å². The summed E-state index contributed by atoms with van der Waals surface area (Å²) in [7, 11) is 0. The lowest BCUT2D eigenvalue weighted by Crippen LogP contribution is -2.49. The molecule has 0 aromatic heterocycles. The number of nitrogens with zero attached hydrogens (tertiary/aromatic N) is 1. The molecule has 3 nitrogen and oxygen atoms in total. The maximum absolute atomic E-state index is 5.70. The van der Waals surface area contributed by atoms with Crippen LogP contribution in [0.1, 0.15) is 27.7 Å². The van der Waals surface area contributed by atoms with Crippen LogP contribution in [-0.2, 0) is 4.74 Å². The van der Waals surface area contributed by atoms with Gasteiger partial charge < -0.3 is 10.1 Å². The van der Waals surface area contributed by atoms with Gasteiger partial charge in [-0.3, -0.25) is 4.90 Å². The van der Waals surface area contributed by atoms with Crippen LogP contribution < -0.4 is 5.32 Å². The molecule has 0 spiro atoms. The lowest BCUT2D eigenvalue weighted by atomic mass is 10.2. The van der Waals surface area contributed by atoms with Crippen molar-refractivity contribution in [1.82, 2.24) is 10.2 Å². The number of rotatable bonds is 4.